The summed E-state index contributed by atoms with van der Waals surface area (Å²) in [5.41, 5.74) is 2.27. The molecule has 0 saturated heterocycles. The number of anilines is 1. The Hall–Kier alpha value is -2.20. The predicted octanol–water partition coefficient (Wildman–Crippen LogP) is 4.70. The highest BCUT2D eigenvalue weighted by Gasteiger charge is 2.16. The molecule has 0 radical (unpaired) electrons. The van der Waals surface area contributed by atoms with Crippen LogP contribution in [0.15, 0.2) is 36.4 Å². The fourth-order valence-electron chi connectivity index (χ4n) is 2.09. The van der Waals surface area contributed by atoms with Crippen LogP contribution in [-0.2, 0) is 0 Å². The van der Waals surface area contributed by atoms with Gasteiger partial charge in [0.2, 0.25) is 0 Å². The van der Waals surface area contributed by atoms with E-state index in [4.69, 9.17) is 21.1 Å². The molecule has 0 aromatic heterocycles. The van der Waals surface area contributed by atoms with E-state index in [1.165, 1.54) is 0 Å². The second-order valence-electron chi connectivity index (χ2n) is 4.97. The Bertz CT molecular complexity index is 683. The molecule has 0 unspecified atom stereocenters. The molecule has 2 aromatic rings. The van der Waals surface area contributed by atoms with Crippen molar-refractivity contribution >= 4 is 23.2 Å². The molecule has 1 amide bonds. The summed E-state index contributed by atoms with van der Waals surface area (Å²) in [6.07, 6.45) is 0. The zero-order chi connectivity index (χ0) is 16.8. The van der Waals surface area contributed by atoms with Gasteiger partial charge in [-0.25, -0.2) is 0 Å². The highest BCUT2D eigenvalue weighted by atomic mass is 35.5. The molecule has 0 bridgehead atoms. The number of ether oxygens (including phenoxy) is 2. The first-order valence-corrected chi connectivity index (χ1v) is 7.90. The van der Waals surface area contributed by atoms with Gasteiger partial charge >= 0.3 is 0 Å². The highest BCUT2D eigenvalue weighted by molar-refractivity contribution is 6.32. The molecule has 0 atom stereocenters. The minimum absolute atomic E-state index is 0.250. The molecule has 0 spiro atoms. The van der Waals surface area contributed by atoms with Crippen LogP contribution < -0.4 is 14.8 Å². The lowest BCUT2D eigenvalue weighted by Gasteiger charge is -2.14. The minimum Gasteiger partial charge on any atom is -0.490 e. The van der Waals surface area contributed by atoms with E-state index < -0.39 is 0 Å². The molecule has 2 rings (SSSR count). The van der Waals surface area contributed by atoms with E-state index in [-0.39, 0.29) is 5.91 Å². The van der Waals surface area contributed by atoms with Crippen molar-refractivity contribution in [2.45, 2.75) is 20.8 Å². The Morgan fingerprint density at radius 3 is 2.35 bits per heavy atom. The number of carbonyl (C=O) groups is 1. The quantitative estimate of drug-likeness (QED) is 0.833. The van der Waals surface area contributed by atoms with Gasteiger partial charge in [-0.05, 0) is 45.0 Å². The van der Waals surface area contributed by atoms with Crippen molar-refractivity contribution in [1.29, 1.82) is 0 Å². The van der Waals surface area contributed by atoms with Crippen LogP contribution in [0.25, 0.3) is 0 Å². The van der Waals surface area contributed by atoms with Crippen molar-refractivity contribution in [3.05, 3.63) is 52.5 Å². The van der Waals surface area contributed by atoms with Crippen molar-refractivity contribution in [3.63, 3.8) is 0 Å². The van der Waals surface area contributed by atoms with Gasteiger partial charge in [-0.2, -0.15) is 0 Å². The molecule has 0 aliphatic rings. The van der Waals surface area contributed by atoms with Crippen LogP contribution in [-0.4, -0.2) is 19.1 Å². The van der Waals surface area contributed by atoms with E-state index in [0.29, 0.717) is 35.3 Å². The lowest BCUT2D eigenvalue weighted by molar-refractivity contribution is 0.102. The molecule has 4 nitrogen and oxygen atoms in total. The fraction of sp³-hybridized carbons (Fsp3) is 0.278. The average molecular weight is 334 g/mol. The monoisotopic (exact) mass is 333 g/mol. The van der Waals surface area contributed by atoms with Crippen LogP contribution in [0.4, 0.5) is 5.69 Å². The average Bonchev–Trinajstić information content (AvgIpc) is 2.53. The second-order valence-corrected chi connectivity index (χ2v) is 5.38. The van der Waals surface area contributed by atoms with Crippen LogP contribution in [0.1, 0.15) is 29.8 Å². The normalized spacial score (nSPS) is 10.3. The first-order chi connectivity index (χ1) is 11.0. The van der Waals surface area contributed by atoms with Gasteiger partial charge in [-0.3, -0.25) is 4.79 Å². The van der Waals surface area contributed by atoms with E-state index in [1.54, 1.807) is 12.1 Å². The maximum absolute atomic E-state index is 12.4. The van der Waals surface area contributed by atoms with Crippen LogP contribution >= 0.6 is 11.6 Å². The Labute approximate surface area is 141 Å². The number of hydrogen-bond donors (Lipinski definition) is 1. The van der Waals surface area contributed by atoms with Crippen molar-refractivity contribution < 1.29 is 14.3 Å². The van der Waals surface area contributed by atoms with Gasteiger partial charge in [0.05, 0.1) is 18.2 Å². The number of hydrogen-bond acceptors (Lipinski definition) is 3. The number of amides is 1. The molecule has 122 valence electrons. The summed E-state index contributed by atoms with van der Waals surface area (Å²) in [4.78, 5) is 12.4. The topological polar surface area (TPSA) is 47.6 Å². The summed E-state index contributed by atoms with van der Waals surface area (Å²) in [7, 11) is 0. The molecular weight excluding hydrogens is 314 g/mol. The van der Waals surface area contributed by atoms with Gasteiger partial charge in [-0.1, -0.05) is 29.3 Å². The Kier molecular flexibility index (Phi) is 5.88. The summed E-state index contributed by atoms with van der Waals surface area (Å²) >= 11 is 6.23. The third-order valence-electron chi connectivity index (χ3n) is 3.17. The third kappa shape index (κ3) is 4.39. The predicted molar refractivity (Wildman–Crippen MR) is 92.9 cm³/mol. The van der Waals surface area contributed by atoms with Gasteiger partial charge in [0.25, 0.3) is 5.91 Å². The smallest absolute Gasteiger partial charge is 0.255 e. The summed E-state index contributed by atoms with van der Waals surface area (Å²) in [5, 5.41) is 3.19. The maximum atomic E-state index is 12.4. The summed E-state index contributed by atoms with van der Waals surface area (Å²) in [6.45, 7) is 6.65. The van der Waals surface area contributed by atoms with Crippen molar-refractivity contribution in [1.82, 2.24) is 0 Å². The summed E-state index contributed by atoms with van der Waals surface area (Å²) in [5.74, 6) is 0.679. The Morgan fingerprint density at radius 2 is 1.74 bits per heavy atom. The van der Waals surface area contributed by atoms with Gasteiger partial charge in [0.15, 0.2) is 11.5 Å². The lowest BCUT2D eigenvalue weighted by Crippen LogP contribution is -2.12. The number of benzene rings is 2. The second kappa shape index (κ2) is 7.88. The van der Waals surface area contributed by atoms with Crippen LogP contribution in [0, 0.1) is 6.92 Å². The largest absolute Gasteiger partial charge is 0.490 e. The molecule has 0 aliphatic heterocycles. The summed E-state index contributed by atoms with van der Waals surface area (Å²) < 4.78 is 11.0. The van der Waals surface area contributed by atoms with E-state index >= 15 is 0 Å². The van der Waals surface area contributed by atoms with E-state index in [9.17, 15) is 4.79 Å². The van der Waals surface area contributed by atoms with E-state index in [0.717, 1.165) is 11.3 Å². The van der Waals surface area contributed by atoms with Crippen LogP contribution in [0.5, 0.6) is 11.5 Å². The van der Waals surface area contributed by atoms with Gasteiger partial charge < -0.3 is 14.8 Å². The molecule has 0 saturated carbocycles. The maximum Gasteiger partial charge on any atom is 0.255 e. The zero-order valence-electron chi connectivity index (χ0n) is 13.5. The van der Waals surface area contributed by atoms with Gasteiger partial charge in [-0.15, -0.1) is 0 Å². The fourth-order valence-corrected chi connectivity index (χ4v) is 2.35. The third-order valence-corrected chi connectivity index (χ3v) is 3.45. The van der Waals surface area contributed by atoms with Gasteiger partial charge in [0, 0.05) is 11.3 Å². The van der Waals surface area contributed by atoms with Crippen molar-refractivity contribution in [2.75, 3.05) is 18.5 Å². The first-order valence-electron chi connectivity index (χ1n) is 7.52. The number of rotatable bonds is 6. The minimum atomic E-state index is -0.250. The first kappa shape index (κ1) is 17.2. The molecule has 0 aliphatic carbocycles. The highest BCUT2D eigenvalue weighted by Crippen LogP contribution is 2.36. The van der Waals surface area contributed by atoms with Gasteiger partial charge in [0.1, 0.15) is 0 Å². The van der Waals surface area contributed by atoms with E-state index in [2.05, 4.69) is 5.32 Å². The standard InChI is InChI=1S/C18H20ClNO3/c1-4-22-16-11-13(10-15(19)17(16)23-5-2)18(21)20-14-8-6-12(3)7-9-14/h6-11H,4-5H2,1-3H3,(H,20,21). The number of aryl methyl sites for hydroxylation is 1. The molecule has 1 N–H and O–H groups in total. The van der Waals surface area contributed by atoms with Crippen molar-refractivity contribution in [3.8, 4) is 11.5 Å². The van der Waals surface area contributed by atoms with Crippen LogP contribution in [0.2, 0.25) is 5.02 Å². The number of halogens is 1. The molecule has 0 heterocycles. The summed E-state index contributed by atoms with van der Waals surface area (Å²) in [6, 6.07) is 10.8. The number of nitrogens with one attached hydrogen (secondary N) is 1. The van der Waals surface area contributed by atoms with Crippen LogP contribution in [0.3, 0.4) is 0 Å². The Balaban J connectivity index is 2.27. The zero-order valence-corrected chi connectivity index (χ0v) is 14.2. The lowest BCUT2D eigenvalue weighted by atomic mass is 10.1. The number of carbonyl (C=O) groups excluding carboxylic acids is 1. The molecule has 0 fully saturated rings. The molecule has 2 aromatic carbocycles. The SMILES string of the molecule is CCOc1cc(C(=O)Nc2ccc(C)cc2)cc(Cl)c1OCC. The molecule has 5 heteroatoms. The molecule has 23 heavy (non-hydrogen) atoms. The molecular formula is C18H20ClNO3. The van der Waals surface area contributed by atoms with Crippen molar-refractivity contribution in [2.24, 2.45) is 0 Å². The van der Waals surface area contributed by atoms with E-state index in [1.807, 2.05) is 45.0 Å². The Morgan fingerprint density at radius 1 is 1.09 bits per heavy atom.